The van der Waals surface area contributed by atoms with Gasteiger partial charge in [-0.15, -0.1) is 0 Å². The molecular formula is C25H27ClN8O4. The molecule has 4 heterocycles. The van der Waals surface area contributed by atoms with Crippen LogP contribution < -0.4 is 26.0 Å². The summed E-state index contributed by atoms with van der Waals surface area (Å²) in [4.78, 5) is 30.6. The molecule has 0 unspecified atom stereocenters. The molecule has 38 heavy (non-hydrogen) atoms. The van der Waals surface area contributed by atoms with Crippen molar-refractivity contribution in [2.75, 3.05) is 50.1 Å². The zero-order valence-corrected chi connectivity index (χ0v) is 21.3. The van der Waals surface area contributed by atoms with Gasteiger partial charge in [-0.25, -0.2) is 9.78 Å². The zero-order valence-electron chi connectivity index (χ0n) is 20.5. The molecule has 3 fully saturated rings. The van der Waals surface area contributed by atoms with Crippen molar-refractivity contribution < 1.29 is 19.1 Å². The summed E-state index contributed by atoms with van der Waals surface area (Å²) in [5, 5.41) is 16.4. The van der Waals surface area contributed by atoms with Crippen molar-refractivity contribution in [3.8, 4) is 5.75 Å². The highest BCUT2D eigenvalue weighted by molar-refractivity contribution is 6.34. The third-order valence-corrected chi connectivity index (χ3v) is 6.83. The molecule has 13 heteroatoms. The summed E-state index contributed by atoms with van der Waals surface area (Å²) in [6.07, 6.45) is 5.31. The summed E-state index contributed by atoms with van der Waals surface area (Å²) >= 11 is 6.71. The Hall–Kier alpha value is -3.87. The molecule has 0 radical (unpaired) electrons. The van der Waals surface area contributed by atoms with E-state index in [1.165, 1.54) is 0 Å². The van der Waals surface area contributed by atoms with Gasteiger partial charge < -0.3 is 25.4 Å². The van der Waals surface area contributed by atoms with E-state index in [2.05, 4.69) is 31.3 Å². The number of morpholine rings is 1. The predicted molar refractivity (Wildman–Crippen MR) is 142 cm³/mol. The van der Waals surface area contributed by atoms with Crippen LogP contribution in [0.1, 0.15) is 18.4 Å². The number of carbonyl (C=O) groups is 2. The molecular weight excluding hydrogens is 512 g/mol. The molecule has 1 aromatic carbocycles. The van der Waals surface area contributed by atoms with E-state index in [4.69, 9.17) is 26.1 Å². The highest BCUT2D eigenvalue weighted by atomic mass is 35.5. The van der Waals surface area contributed by atoms with E-state index in [1.54, 1.807) is 16.8 Å². The first-order chi connectivity index (χ1) is 18.5. The lowest BCUT2D eigenvalue weighted by Gasteiger charge is -2.26. The van der Waals surface area contributed by atoms with Crippen LogP contribution in [0.3, 0.4) is 0 Å². The molecule has 2 aliphatic heterocycles. The highest BCUT2D eigenvalue weighted by Gasteiger charge is 2.25. The van der Waals surface area contributed by atoms with Gasteiger partial charge in [0.2, 0.25) is 0 Å². The van der Waals surface area contributed by atoms with E-state index in [9.17, 15) is 9.59 Å². The lowest BCUT2D eigenvalue weighted by Crippen LogP contribution is -2.38. The van der Waals surface area contributed by atoms with E-state index < -0.39 is 11.9 Å². The first-order valence-corrected chi connectivity index (χ1v) is 12.9. The molecule has 6 rings (SSSR count). The molecule has 0 bridgehead atoms. The van der Waals surface area contributed by atoms with E-state index in [0.29, 0.717) is 46.1 Å². The summed E-state index contributed by atoms with van der Waals surface area (Å²) in [5.74, 6) is 1.36. The van der Waals surface area contributed by atoms with Crippen molar-refractivity contribution in [2.24, 2.45) is 0 Å². The number of amides is 3. The second-order valence-electron chi connectivity index (χ2n) is 9.29. The SMILES string of the molecule is O=C1NC(=O)/C(=C/c2cnn3c(NC4CC4)cc(Nc4cccc(OCCN5CCOCC5)c4Cl)nc23)N1. The molecule has 2 saturated heterocycles. The van der Waals surface area contributed by atoms with Crippen LogP contribution in [0.4, 0.5) is 22.1 Å². The Kier molecular flexibility index (Phi) is 6.75. The van der Waals surface area contributed by atoms with Crippen molar-refractivity contribution in [3.05, 3.63) is 46.7 Å². The van der Waals surface area contributed by atoms with Crippen LogP contribution in [0.15, 0.2) is 36.2 Å². The fraction of sp³-hybridized carbons (Fsp3) is 0.360. The van der Waals surface area contributed by atoms with Crippen LogP contribution in [-0.4, -0.2) is 76.9 Å². The smallest absolute Gasteiger partial charge is 0.326 e. The number of carbonyl (C=O) groups excluding carboxylic acids is 2. The van der Waals surface area contributed by atoms with Crippen LogP contribution in [0.25, 0.3) is 11.7 Å². The molecule has 1 aliphatic carbocycles. The summed E-state index contributed by atoms with van der Waals surface area (Å²) < 4.78 is 13.1. The quantitative estimate of drug-likeness (QED) is 0.239. The molecule has 3 aromatic rings. The van der Waals surface area contributed by atoms with Crippen molar-refractivity contribution in [3.63, 3.8) is 0 Å². The number of anilines is 3. The maximum Gasteiger partial charge on any atom is 0.326 e. The van der Waals surface area contributed by atoms with Crippen molar-refractivity contribution in [2.45, 2.75) is 18.9 Å². The molecule has 2 aromatic heterocycles. The van der Waals surface area contributed by atoms with Gasteiger partial charge in [0.25, 0.3) is 5.91 Å². The number of ether oxygens (including phenoxy) is 2. The van der Waals surface area contributed by atoms with E-state index in [-0.39, 0.29) is 5.70 Å². The number of benzene rings is 1. The van der Waals surface area contributed by atoms with Gasteiger partial charge in [0.1, 0.15) is 34.7 Å². The van der Waals surface area contributed by atoms with Gasteiger partial charge in [0.15, 0.2) is 5.65 Å². The Morgan fingerprint density at radius 1 is 1.21 bits per heavy atom. The number of urea groups is 1. The Morgan fingerprint density at radius 3 is 2.82 bits per heavy atom. The van der Waals surface area contributed by atoms with Gasteiger partial charge in [-0.1, -0.05) is 17.7 Å². The fourth-order valence-corrected chi connectivity index (χ4v) is 4.52. The van der Waals surface area contributed by atoms with Gasteiger partial charge in [-0.05, 0) is 31.1 Å². The lowest BCUT2D eigenvalue weighted by atomic mass is 10.2. The number of hydrogen-bond donors (Lipinski definition) is 4. The number of nitrogens with zero attached hydrogens (tertiary/aromatic N) is 4. The zero-order chi connectivity index (χ0) is 26.1. The van der Waals surface area contributed by atoms with Gasteiger partial charge >= 0.3 is 6.03 Å². The summed E-state index contributed by atoms with van der Waals surface area (Å²) in [6.45, 7) is 4.59. The Labute approximate surface area is 223 Å². The molecule has 3 amide bonds. The number of nitrogens with one attached hydrogen (secondary N) is 4. The summed E-state index contributed by atoms with van der Waals surface area (Å²) in [6, 6.07) is 7.23. The third kappa shape index (κ3) is 5.37. The first kappa shape index (κ1) is 24.5. The Bertz CT molecular complexity index is 1410. The van der Waals surface area contributed by atoms with E-state index in [0.717, 1.165) is 51.5 Å². The maximum atomic E-state index is 12.0. The lowest BCUT2D eigenvalue weighted by molar-refractivity contribution is -0.115. The standard InChI is InChI=1S/C25H27ClN8O4/c26-22-17(2-1-3-19(22)38-11-8-33-6-9-37-10-7-33)29-20-13-21(28-16-4-5-16)34-23(31-20)15(14-27-34)12-18-24(35)32-25(36)30-18/h1-3,12-14,16,28H,4-11H2,(H,29,31)(H2,30,32,35,36)/b18-12-. The molecule has 4 N–H and O–H groups in total. The van der Waals surface area contributed by atoms with Crippen LogP contribution >= 0.6 is 11.6 Å². The van der Waals surface area contributed by atoms with Gasteiger partial charge in [0.05, 0.1) is 25.1 Å². The molecule has 3 aliphatic rings. The third-order valence-electron chi connectivity index (χ3n) is 6.44. The number of fused-ring (bicyclic) bond motifs is 1. The first-order valence-electron chi connectivity index (χ1n) is 12.5. The number of aromatic nitrogens is 3. The average Bonchev–Trinajstić information content (AvgIpc) is 3.55. The minimum Gasteiger partial charge on any atom is -0.491 e. The van der Waals surface area contributed by atoms with E-state index >= 15 is 0 Å². The van der Waals surface area contributed by atoms with Crippen LogP contribution in [0.2, 0.25) is 5.02 Å². The summed E-state index contributed by atoms with van der Waals surface area (Å²) in [5.41, 5.74) is 1.86. The normalized spacial score (nSPS) is 19.0. The number of rotatable bonds is 9. The summed E-state index contributed by atoms with van der Waals surface area (Å²) in [7, 11) is 0. The monoisotopic (exact) mass is 538 g/mol. The molecule has 0 atom stereocenters. The number of hydrogen-bond acceptors (Lipinski definition) is 9. The molecule has 198 valence electrons. The Balaban J connectivity index is 1.25. The van der Waals surface area contributed by atoms with Crippen LogP contribution in [-0.2, 0) is 9.53 Å². The number of imide groups is 1. The fourth-order valence-electron chi connectivity index (χ4n) is 4.29. The Morgan fingerprint density at radius 2 is 2.05 bits per heavy atom. The van der Waals surface area contributed by atoms with Crippen LogP contribution in [0.5, 0.6) is 5.75 Å². The predicted octanol–water partition coefficient (Wildman–Crippen LogP) is 2.59. The van der Waals surface area contributed by atoms with Crippen molar-refractivity contribution in [1.29, 1.82) is 0 Å². The van der Waals surface area contributed by atoms with Crippen LogP contribution in [0, 0.1) is 0 Å². The average molecular weight is 539 g/mol. The minimum absolute atomic E-state index is 0.131. The number of halogens is 1. The minimum atomic E-state index is -0.564. The van der Waals surface area contributed by atoms with Gasteiger partial charge in [-0.2, -0.15) is 9.61 Å². The maximum absolute atomic E-state index is 12.0. The molecule has 0 spiro atoms. The molecule has 1 saturated carbocycles. The second-order valence-corrected chi connectivity index (χ2v) is 9.67. The second kappa shape index (κ2) is 10.5. The molecule has 12 nitrogen and oxygen atoms in total. The topological polar surface area (TPSA) is 134 Å². The van der Waals surface area contributed by atoms with Gasteiger partial charge in [-0.3, -0.25) is 15.0 Å². The highest BCUT2D eigenvalue weighted by Crippen LogP contribution is 2.35. The largest absolute Gasteiger partial charge is 0.491 e. The van der Waals surface area contributed by atoms with Crippen molar-refractivity contribution in [1.82, 2.24) is 30.1 Å². The van der Waals surface area contributed by atoms with Gasteiger partial charge in [0, 0.05) is 37.3 Å². The van der Waals surface area contributed by atoms with E-state index in [1.807, 2.05) is 24.3 Å². The van der Waals surface area contributed by atoms with Crippen molar-refractivity contribution >= 4 is 52.6 Å².